The molecule has 1 saturated heterocycles. The normalized spacial score (nSPS) is 19.8. The number of rotatable bonds is 5. The number of nitrogens with zero attached hydrogens (tertiary/aromatic N) is 1. The molecule has 1 amide bonds. The standard InChI is InChI=1S/C18H28N2O2/c1-13-7-8-16(12-14(13)2)22-11-9-18(21)20-10-5-4-6-17(20)15(3)19/h7-8,12,15,17H,4-6,9-11,19H2,1-3H3. The Morgan fingerprint density at radius 3 is 2.82 bits per heavy atom. The third-order valence-electron chi connectivity index (χ3n) is 4.54. The molecule has 0 radical (unpaired) electrons. The van der Waals surface area contributed by atoms with Gasteiger partial charge in [0.25, 0.3) is 0 Å². The van der Waals surface area contributed by atoms with Crippen molar-refractivity contribution in [2.45, 2.75) is 58.5 Å². The fraction of sp³-hybridized carbons (Fsp3) is 0.611. The van der Waals surface area contributed by atoms with Crippen LogP contribution in [0.3, 0.4) is 0 Å². The lowest BCUT2D eigenvalue weighted by molar-refractivity contribution is -0.135. The molecule has 1 fully saturated rings. The number of aryl methyl sites for hydroxylation is 2. The van der Waals surface area contributed by atoms with E-state index in [2.05, 4.69) is 13.8 Å². The quantitative estimate of drug-likeness (QED) is 0.910. The number of carbonyl (C=O) groups is 1. The number of carbonyl (C=O) groups excluding carboxylic acids is 1. The number of likely N-dealkylation sites (tertiary alicyclic amines) is 1. The molecule has 1 aliphatic rings. The van der Waals surface area contributed by atoms with Crippen LogP contribution in [0.25, 0.3) is 0 Å². The maximum atomic E-state index is 12.4. The van der Waals surface area contributed by atoms with Crippen molar-refractivity contribution in [3.8, 4) is 5.75 Å². The van der Waals surface area contributed by atoms with Gasteiger partial charge in [0.15, 0.2) is 0 Å². The highest BCUT2D eigenvalue weighted by molar-refractivity contribution is 5.76. The fourth-order valence-corrected chi connectivity index (χ4v) is 3.02. The molecule has 0 spiro atoms. The van der Waals surface area contributed by atoms with Gasteiger partial charge < -0.3 is 15.4 Å². The second kappa shape index (κ2) is 7.63. The zero-order valence-electron chi connectivity index (χ0n) is 14.0. The van der Waals surface area contributed by atoms with E-state index in [0.29, 0.717) is 13.0 Å². The van der Waals surface area contributed by atoms with Crippen LogP contribution in [0.15, 0.2) is 18.2 Å². The molecule has 4 nitrogen and oxygen atoms in total. The Morgan fingerprint density at radius 2 is 2.14 bits per heavy atom. The summed E-state index contributed by atoms with van der Waals surface area (Å²) in [6.45, 7) is 7.38. The van der Waals surface area contributed by atoms with Crippen LogP contribution in [0, 0.1) is 13.8 Å². The fourth-order valence-electron chi connectivity index (χ4n) is 3.02. The van der Waals surface area contributed by atoms with Crippen molar-refractivity contribution in [3.05, 3.63) is 29.3 Å². The van der Waals surface area contributed by atoms with Gasteiger partial charge in [0.2, 0.25) is 5.91 Å². The number of amides is 1. The lowest BCUT2D eigenvalue weighted by Gasteiger charge is -2.38. The predicted molar refractivity (Wildman–Crippen MR) is 89.0 cm³/mol. The Balaban J connectivity index is 1.85. The van der Waals surface area contributed by atoms with Crippen molar-refractivity contribution >= 4 is 5.91 Å². The van der Waals surface area contributed by atoms with E-state index in [1.807, 2.05) is 30.0 Å². The van der Waals surface area contributed by atoms with Crippen LogP contribution in [0.2, 0.25) is 0 Å². The third kappa shape index (κ3) is 4.23. The second-order valence-corrected chi connectivity index (χ2v) is 6.35. The Bertz CT molecular complexity index is 514. The molecule has 22 heavy (non-hydrogen) atoms. The molecular weight excluding hydrogens is 276 g/mol. The summed E-state index contributed by atoms with van der Waals surface area (Å²) in [5.74, 6) is 0.990. The largest absolute Gasteiger partial charge is 0.493 e. The Kier molecular flexibility index (Phi) is 5.83. The topological polar surface area (TPSA) is 55.6 Å². The van der Waals surface area contributed by atoms with Gasteiger partial charge in [-0.1, -0.05) is 6.07 Å². The number of hydrogen-bond donors (Lipinski definition) is 1. The second-order valence-electron chi connectivity index (χ2n) is 6.35. The maximum Gasteiger partial charge on any atom is 0.226 e. The van der Waals surface area contributed by atoms with Crippen LogP contribution in [0.1, 0.15) is 43.7 Å². The summed E-state index contributed by atoms with van der Waals surface area (Å²) in [4.78, 5) is 14.4. The zero-order valence-corrected chi connectivity index (χ0v) is 14.0. The lowest BCUT2D eigenvalue weighted by Crippen LogP contribution is -2.51. The Morgan fingerprint density at radius 1 is 1.36 bits per heavy atom. The van der Waals surface area contributed by atoms with E-state index in [1.165, 1.54) is 11.1 Å². The molecule has 0 aromatic heterocycles. The van der Waals surface area contributed by atoms with Crippen LogP contribution < -0.4 is 10.5 Å². The third-order valence-corrected chi connectivity index (χ3v) is 4.54. The van der Waals surface area contributed by atoms with Gasteiger partial charge in [-0.2, -0.15) is 0 Å². The molecule has 1 heterocycles. The van der Waals surface area contributed by atoms with Crippen LogP contribution in [-0.4, -0.2) is 36.0 Å². The van der Waals surface area contributed by atoms with Crippen molar-refractivity contribution in [1.82, 2.24) is 4.90 Å². The zero-order chi connectivity index (χ0) is 16.1. The molecule has 0 bridgehead atoms. The smallest absolute Gasteiger partial charge is 0.226 e. The molecule has 2 unspecified atom stereocenters. The van der Waals surface area contributed by atoms with Gasteiger partial charge in [0.05, 0.1) is 13.0 Å². The lowest BCUT2D eigenvalue weighted by atomic mass is 9.96. The van der Waals surface area contributed by atoms with E-state index >= 15 is 0 Å². The number of hydrogen-bond acceptors (Lipinski definition) is 3. The van der Waals surface area contributed by atoms with Crippen molar-refractivity contribution < 1.29 is 9.53 Å². The first kappa shape index (κ1) is 16.8. The summed E-state index contributed by atoms with van der Waals surface area (Å²) in [6, 6.07) is 6.24. The van der Waals surface area contributed by atoms with Crippen molar-refractivity contribution in [1.29, 1.82) is 0 Å². The molecule has 2 N–H and O–H groups in total. The van der Waals surface area contributed by atoms with Gasteiger partial charge >= 0.3 is 0 Å². The summed E-state index contributed by atoms with van der Waals surface area (Å²) >= 11 is 0. The number of benzene rings is 1. The molecule has 4 heteroatoms. The van der Waals surface area contributed by atoms with E-state index in [4.69, 9.17) is 10.5 Å². The first-order valence-corrected chi connectivity index (χ1v) is 8.24. The van der Waals surface area contributed by atoms with Gasteiger partial charge in [-0.3, -0.25) is 4.79 Å². The van der Waals surface area contributed by atoms with Crippen LogP contribution in [0.4, 0.5) is 0 Å². The van der Waals surface area contributed by atoms with Crippen molar-refractivity contribution in [2.24, 2.45) is 5.73 Å². The molecule has 2 rings (SSSR count). The average Bonchev–Trinajstić information content (AvgIpc) is 2.50. The highest BCUT2D eigenvalue weighted by Crippen LogP contribution is 2.20. The van der Waals surface area contributed by atoms with Crippen molar-refractivity contribution in [3.63, 3.8) is 0 Å². The van der Waals surface area contributed by atoms with Crippen molar-refractivity contribution in [2.75, 3.05) is 13.2 Å². The van der Waals surface area contributed by atoms with Gasteiger partial charge in [-0.25, -0.2) is 0 Å². The van der Waals surface area contributed by atoms with Gasteiger partial charge in [0, 0.05) is 18.6 Å². The first-order valence-electron chi connectivity index (χ1n) is 8.24. The minimum Gasteiger partial charge on any atom is -0.493 e. The van der Waals surface area contributed by atoms with Gasteiger partial charge in [-0.15, -0.1) is 0 Å². The summed E-state index contributed by atoms with van der Waals surface area (Å²) in [5, 5.41) is 0. The molecule has 1 aromatic rings. The number of nitrogens with two attached hydrogens (primary N) is 1. The molecule has 1 aromatic carbocycles. The summed E-state index contributed by atoms with van der Waals surface area (Å²) in [5.41, 5.74) is 8.47. The molecule has 1 aliphatic heterocycles. The summed E-state index contributed by atoms with van der Waals surface area (Å²) in [6.07, 6.45) is 3.67. The van der Waals surface area contributed by atoms with E-state index in [9.17, 15) is 4.79 Å². The first-order chi connectivity index (χ1) is 10.5. The van der Waals surface area contributed by atoms with E-state index in [-0.39, 0.29) is 18.0 Å². The monoisotopic (exact) mass is 304 g/mol. The molecule has 2 atom stereocenters. The minimum absolute atomic E-state index is 0.0323. The van der Waals surface area contributed by atoms with E-state index in [1.54, 1.807) is 0 Å². The van der Waals surface area contributed by atoms with Gasteiger partial charge in [0.1, 0.15) is 5.75 Å². The summed E-state index contributed by atoms with van der Waals surface area (Å²) < 4.78 is 5.72. The van der Waals surface area contributed by atoms with Gasteiger partial charge in [-0.05, 0) is 63.3 Å². The van der Waals surface area contributed by atoms with Crippen LogP contribution in [-0.2, 0) is 4.79 Å². The minimum atomic E-state index is 0.0323. The molecular formula is C18H28N2O2. The molecule has 122 valence electrons. The SMILES string of the molecule is Cc1ccc(OCCC(=O)N2CCCCC2C(C)N)cc1C. The molecule has 0 aliphatic carbocycles. The highest BCUT2D eigenvalue weighted by Gasteiger charge is 2.28. The Hall–Kier alpha value is -1.55. The summed E-state index contributed by atoms with van der Waals surface area (Å²) in [7, 11) is 0. The van der Waals surface area contributed by atoms with E-state index < -0.39 is 0 Å². The maximum absolute atomic E-state index is 12.4. The van der Waals surface area contributed by atoms with Crippen LogP contribution in [0.5, 0.6) is 5.75 Å². The van der Waals surface area contributed by atoms with E-state index in [0.717, 1.165) is 31.6 Å². The molecule has 0 saturated carbocycles. The average molecular weight is 304 g/mol. The number of ether oxygens (including phenoxy) is 1. The predicted octanol–water partition coefficient (Wildman–Crippen LogP) is 2.80. The Labute approximate surface area is 133 Å². The number of piperidine rings is 1. The highest BCUT2D eigenvalue weighted by atomic mass is 16.5. The van der Waals surface area contributed by atoms with Crippen LogP contribution >= 0.6 is 0 Å².